The summed E-state index contributed by atoms with van der Waals surface area (Å²) in [4.78, 5) is 17.3. The van der Waals surface area contributed by atoms with Gasteiger partial charge in [-0.3, -0.25) is 4.79 Å². The number of halogens is 1. The maximum atomic E-state index is 13.0. The largest absolute Gasteiger partial charge is 0.497 e. The lowest BCUT2D eigenvalue weighted by Gasteiger charge is -2.10. The molecular formula is C24H19ClN2O4. The lowest BCUT2D eigenvalue weighted by Crippen LogP contribution is -2.13. The van der Waals surface area contributed by atoms with E-state index < -0.39 is 0 Å². The predicted molar refractivity (Wildman–Crippen MR) is 120 cm³/mol. The highest BCUT2D eigenvalue weighted by atomic mass is 35.5. The third kappa shape index (κ3) is 4.39. The third-order valence-corrected chi connectivity index (χ3v) is 4.97. The summed E-state index contributed by atoms with van der Waals surface area (Å²) in [5.74, 6) is 1.86. The van der Waals surface area contributed by atoms with Crippen LogP contribution >= 0.6 is 11.6 Å². The molecule has 4 aromatic rings. The molecule has 1 heterocycles. The van der Waals surface area contributed by atoms with Crippen molar-refractivity contribution in [1.82, 2.24) is 4.98 Å². The van der Waals surface area contributed by atoms with Gasteiger partial charge in [-0.25, -0.2) is 4.98 Å². The van der Waals surface area contributed by atoms with Gasteiger partial charge in [0.25, 0.3) is 5.91 Å². The van der Waals surface area contributed by atoms with Crippen molar-refractivity contribution in [2.24, 2.45) is 0 Å². The first-order valence-corrected chi connectivity index (χ1v) is 9.81. The van der Waals surface area contributed by atoms with Crippen molar-refractivity contribution in [3.63, 3.8) is 0 Å². The molecule has 0 radical (unpaired) electrons. The van der Waals surface area contributed by atoms with Gasteiger partial charge in [-0.2, -0.15) is 0 Å². The third-order valence-electron chi connectivity index (χ3n) is 4.67. The smallest absolute Gasteiger partial charge is 0.256 e. The van der Waals surface area contributed by atoms with E-state index in [0.29, 0.717) is 45.0 Å². The van der Waals surface area contributed by atoms with Crippen LogP contribution in [0.3, 0.4) is 0 Å². The van der Waals surface area contributed by atoms with Crippen LogP contribution in [-0.4, -0.2) is 25.1 Å². The van der Waals surface area contributed by atoms with Gasteiger partial charge in [0.15, 0.2) is 5.76 Å². The van der Waals surface area contributed by atoms with Crippen LogP contribution in [-0.2, 0) is 0 Å². The van der Waals surface area contributed by atoms with Crippen LogP contribution in [0.15, 0.2) is 77.3 Å². The number of hydrogen-bond acceptors (Lipinski definition) is 5. The summed E-state index contributed by atoms with van der Waals surface area (Å²) in [6.07, 6.45) is 1.63. The average molecular weight is 435 g/mol. The summed E-state index contributed by atoms with van der Waals surface area (Å²) < 4.78 is 16.4. The summed E-state index contributed by atoms with van der Waals surface area (Å²) in [5.41, 5.74) is 2.38. The highest BCUT2D eigenvalue weighted by molar-refractivity contribution is 6.32. The molecule has 0 aliphatic heterocycles. The molecule has 0 aliphatic carbocycles. The molecule has 0 spiro atoms. The molecule has 0 fully saturated rings. The molecule has 6 nitrogen and oxygen atoms in total. The van der Waals surface area contributed by atoms with Gasteiger partial charge in [0.05, 0.1) is 31.0 Å². The number of benzene rings is 3. The Kier molecular flexibility index (Phi) is 5.91. The van der Waals surface area contributed by atoms with Gasteiger partial charge >= 0.3 is 0 Å². The van der Waals surface area contributed by atoms with E-state index in [0.717, 1.165) is 5.56 Å². The van der Waals surface area contributed by atoms with Gasteiger partial charge < -0.3 is 19.2 Å². The van der Waals surface area contributed by atoms with E-state index in [1.54, 1.807) is 49.7 Å². The number of aromatic nitrogens is 1. The molecule has 0 bridgehead atoms. The van der Waals surface area contributed by atoms with Gasteiger partial charge in [-0.05, 0) is 42.5 Å². The second-order valence-corrected chi connectivity index (χ2v) is 7.02. The maximum absolute atomic E-state index is 13.0. The SMILES string of the molecule is COc1cccc(-c2cnc(-c3ccccc3C(=O)Nc3ccc(OC)c(Cl)c3)o2)c1. The molecule has 1 aromatic heterocycles. The lowest BCUT2D eigenvalue weighted by molar-refractivity contribution is 0.102. The first-order chi connectivity index (χ1) is 15.1. The molecule has 31 heavy (non-hydrogen) atoms. The minimum absolute atomic E-state index is 0.307. The number of oxazole rings is 1. The first kappa shape index (κ1) is 20.5. The van der Waals surface area contributed by atoms with Gasteiger partial charge in [0.2, 0.25) is 5.89 Å². The fourth-order valence-electron chi connectivity index (χ4n) is 3.12. The quantitative estimate of drug-likeness (QED) is 0.407. The van der Waals surface area contributed by atoms with E-state index in [4.69, 9.17) is 25.5 Å². The van der Waals surface area contributed by atoms with E-state index in [2.05, 4.69) is 10.3 Å². The molecular weight excluding hydrogens is 416 g/mol. The van der Waals surface area contributed by atoms with Crippen LogP contribution in [0.2, 0.25) is 5.02 Å². The fraction of sp³-hybridized carbons (Fsp3) is 0.0833. The Balaban J connectivity index is 1.62. The minimum Gasteiger partial charge on any atom is -0.497 e. The van der Waals surface area contributed by atoms with Gasteiger partial charge in [-0.1, -0.05) is 35.9 Å². The van der Waals surface area contributed by atoms with Crippen molar-refractivity contribution in [1.29, 1.82) is 0 Å². The predicted octanol–water partition coefficient (Wildman–Crippen LogP) is 5.93. The van der Waals surface area contributed by atoms with Crippen molar-refractivity contribution < 1.29 is 18.7 Å². The zero-order valence-corrected chi connectivity index (χ0v) is 17.6. The van der Waals surface area contributed by atoms with E-state index >= 15 is 0 Å². The van der Waals surface area contributed by atoms with Gasteiger partial charge in [0.1, 0.15) is 11.5 Å². The molecule has 156 valence electrons. The average Bonchev–Trinajstić information content (AvgIpc) is 3.29. The standard InChI is InChI=1S/C24H19ClN2O4/c1-29-17-7-5-6-15(12-17)22-14-26-24(31-22)19-9-4-3-8-18(19)23(28)27-16-10-11-21(30-2)20(25)13-16/h3-14H,1-2H3,(H,27,28). The Morgan fingerprint density at radius 3 is 2.61 bits per heavy atom. The normalized spacial score (nSPS) is 10.5. The number of methoxy groups -OCH3 is 2. The monoisotopic (exact) mass is 434 g/mol. The van der Waals surface area contributed by atoms with Crippen LogP contribution in [0, 0.1) is 0 Å². The summed E-state index contributed by atoms with van der Waals surface area (Å²) in [5, 5.41) is 3.26. The number of anilines is 1. The minimum atomic E-state index is -0.307. The van der Waals surface area contributed by atoms with Crippen LogP contribution < -0.4 is 14.8 Å². The zero-order chi connectivity index (χ0) is 21.8. The molecule has 1 N–H and O–H groups in total. The summed E-state index contributed by atoms with van der Waals surface area (Å²) in [6.45, 7) is 0. The first-order valence-electron chi connectivity index (χ1n) is 9.43. The zero-order valence-electron chi connectivity index (χ0n) is 16.9. The molecule has 3 aromatic carbocycles. The fourth-order valence-corrected chi connectivity index (χ4v) is 3.38. The second-order valence-electron chi connectivity index (χ2n) is 6.61. The van der Waals surface area contributed by atoms with Gasteiger partial charge in [0, 0.05) is 16.8 Å². The van der Waals surface area contributed by atoms with Crippen LogP contribution in [0.5, 0.6) is 11.5 Å². The molecule has 4 rings (SSSR count). The summed E-state index contributed by atoms with van der Waals surface area (Å²) in [6, 6.07) is 19.6. The topological polar surface area (TPSA) is 73.6 Å². The number of amides is 1. The lowest BCUT2D eigenvalue weighted by atomic mass is 10.1. The van der Waals surface area contributed by atoms with Crippen molar-refractivity contribution in [3.05, 3.63) is 83.5 Å². The van der Waals surface area contributed by atoms with Crippen LogP contribution in [0.25, 0.3) is 22.8 Å². The Bertz CT molecular complexity index is 1240. The molecule has 0 saturated heterocycles. The number of nitrogens with zero attached hydrogens (tertiary/aromatic N) is 1. The van der Waals surface area contributed by atoms with E-state index in [-0.39, 0.29) is 5.91 Å². The number of ether oxygens (including phenoxy) is 2. The number of carbonyl (C=O) groups is 1. The van der Waals surface area contributed by atoms with Crippen molar-refractivity contribution in [3.8, 4) is 34.3 Å². The number of carbonyl (C=O) groups excluding carboxylic acids is 1. The number of nitrogens with one attached hydrogen (secondary N) is 1. The molecule has 0 unspecified atom stereocenters. The van der Waals surface area contributed by atoms with Crippen molar-refractivity contribution >= 4 is 23.2 Å². The highest BCUT2D eigenvalue weighted by Gasteiger charge is 2.17. The Labute approximate surface area is 184 Å². The van der Waals surface area contributed by atoms with Crippen molar-refractivity contribution in [2.75, 3.05) is 19.5 Å². The summed E-state index contributed by atoms with van der Waals surface area (Å²) in [7, 11) is 3.14. The van der Waals surface area contributed by atoms with Gasteiger partial charge in [-0.15, -0.1) is 0 Å². The Morgan fingerprint density at radius 1 is 1.00 bits per heavy atom. The van der Waals surface area contributed by atoms with Crippen LogP contribution in [0.4, 0.5) is 5.69 Å². The molecule has 0 saturated carbocycles. The Hall–Kier alpha value is -3.77. The maximum Gasteiger partial charge on any atom is 0.256 e. The highest BCUT2D eigenvalue weighted by Crippen LogP contribution is 2.31. The van der Waals surface area contributed by atoms with Crippen LogP contribution in [0.1, 0.15) is 10.4 Å². The summed E-state index contributed by atoms with van der Waals surface area (Å²) >= 11 is 6.16. The molecule has 1 amide bonds. The second kappa shape index (κ2) is 8.93. The van der Waals surface area contributed by atoms with E-state index in [9.17, 15) is 4.79 Å². The molecule has 0 atom stereocenters. The molecule has 7 heteroatoms. The van der Waals surface area contributed by atoms with E-state index in [1.807, 2.05) is 30.3 Å². The van der Waals surface area contributed by atoms with E-state index in [1.165, 1.54) is 7.11 Å². The number of hydrogen-bond donors (Lipinski definition) is 1. The number of rotatable bonds is 6. The Morgan fingerprint density at radius 2 is 1.84 bits per heavy atom. The van der Waals surface area contributed by atoms with Crippen molar-refractivity contribution in [2.45, 2.75) is 0 Å². The molecule has 0 aliphatic rings.